The highest BCUT2D eigenvalue weighted by Crippen LogP contribution is 2.49. The molecule has 3 N–H and O–H groups in total. The number of rotatable bonds is 4. The van der Waals surface area contributed by atoms with Crippen LogP contribution in [0.15, 0.2) is 53.8 Å². The first-order valence-corrected chi connectivity index (χ1v) is 9.66. The van der Waals surface area contributed by atoms with E-state index in [-0.39, 0.29) is 11.3 Å². The third-order valence-corrected chi connectivity index (χ3v) is 5.89. The molecule has 1 saturated carbocycles. The fourth-order valence-corrected chi connectivity index (χ4v) is 4.45. The van der Waals surface area contributed by atoms with Crippen molar-refractivity contribution in [3.8, 4) is 11.3 Å². The molecule has 1 fully saturated rings. The number of allylic oxidation sites excluding steroid dienone is 1. The molecule has 7 nitrogen and oxygen atoms in total. The molecular formula is C22H22N2O5. The van der Waals surface area contributed by atoms with Crippen molar-refractivity contribution in [2.24, 2.45) is 0 Å². The van der Waals surface area contributed by atoms with Gasteiger partial charge in [-0.1, -0.05) is 43.2 Å². The van der Waals surface area contributed by atoms with Gasteiger partial charge in [0.2, 0.25) is 5.78 Å². The van der Waals surface area contributed by atoms with Gasteiger partial charge in [-0.2, -0.15) is 0 Å². The molecule has 1 aromatic heterocycles. The number of aromatic nitrogens is 1. The average molecular weight is 394 g/mol. The fraction of sp³-hybridized carbons (Fsp3) is 0.318. The second-order valence-corrected chi connectivity index (χ2v) is 7.63. The van der Waals surface area contributed by atoms with E-state index >= 15 is 0 Å². The number of carbonyl (C=O) groups excluding carboxylic acids is 2. The lowest BCUT2D eigenvalue weighted by molar-refractivity contribution is -0.140. The smallest absolute Gasteiger partial charge is 0.325 e. The monoisotopic (exact) mass is 394 g/mol. The molecule has 1 aliphatic carbocycles. The molecular weight excluding hydrogens is 372 g/mol. The Morgan fingerprint density at radius 2 is 1.69 bits per heavy atom. The summed E-state index contributed by atoms with van der Waals surface area (Å²) in [5, 5.41) is 22.5. The summed E-state index contributed by atoms with van der Waals surface area (Å²) in [5.41, 5.74) is 0.817. The zero-order valence-corrected chi connectivity index (χ0v) is 16.0. The lowest BCUT2D eigenvalue weighted by Crippen LogP contribution is -2.46. The van der Waals surface area contributed by atoms with Gasteiger partial charge in [-0.3, -0.25) is 14.4 Å². The third kappa shape index (κ3) is 2.85. The molecule has 0 bridgehead atoms. The number of Topliss-reactive ketones (excluding diaryl/α,β-unsaturated/α-hetero) is 1. The van der Waals surface area contributed by atoms with Crippen LogP contribution in [0.25, 0.3) is 11.3 Å². The predicted octanol–water partition coefficient (Wildman–Crippen LogP) is 3.02. The highest BCUT2D eigenvalue weighted by molar-refractivity contribution is 6.26. The number of amides is 1. The van der Waals surface area contributed by atoms with Gasteiger partial charge in [0, 0.05) is 5.69 Å². The summed E-state index contributed by atoms with van der Waals surface area (Å²) in [6.07, 6.45) is 2.90. The molecule has 0 saturated heterocycles. The first-order chi connectivity index (χ1) is 13.9. The Labute approximate surface area is 167 Å². The minimum Gasteiger partial charge on any atom is -0.509 e. The number of nitrogens with zero attached hydrogens (tertiary/aromatic N) is 1. The molecule has 2 heterocycles. The summed E-state index contributed by atoms with van der Waals surface area (Å²) in [6.45, 7) is 1.31. The van der Waals surface area contributed by atoms with E-state index in [9.17, 15) is 19.5 Å². The minimum atomic E-state index is -1.22. The first-order valence-electron chi connectivity index (χ1n) is 9.66. The van der Waals surface area contributed by atoms with E-state index in [0.717, 1.165) is 24.1 Å². The molecule has 1 aromatic carbocycles. The second-order valence-electron chi connectivity index (χ2n) is 7.63. The summed E-state index contributed by atoms with van der Waals surface area (Å²) in [6, 6.07) is 11.9. The lowest BCUT2D eigenvalue weighted by Gasteiger charge is -2.38. The van der Waals surface area contributed by atoms with Crippen molar-refractivity contribution in [1.29, 1.82) is 0 Å². The van der Waals surface area contributed by atoms with Crippen molar-refractivity contribution in [3.05, 3.63) is 59.5 Å². The number of carboxylic acids is 1. The van der Waals surface area contributed by atoms with Gasteiger partial charge in [-0.25, -0.2) is 0 Å². The van der Waals surface area contributed by atoms with E-state index in [1.165, 1.54) is 6.92 Å². The summed E-state index contributed by atoms with van der Waals surface area (Å²) < 4.78 is 1.87. The van der Waals surface area contributed by atoms with Gasteiger partial charge < -0.3 is 20.1 Å². The van der Waals surface area contributed by atoms with Crippen molar-refractivity contribution in [2.75, 3.05) is 0 Å². The number of hydrogen-bond donors (Lipinski definition) is 3. The summed E-state index contributed by atoms with van der Waals surface area (Å²) in [4.78, 5) is 37.0. The Morgan fingerprint density at radius 1 is 1.07 bits per heavy atom. The fourth-order valence-electron chi connectivity index (χ4n) is 4.45. The molecule has 1 aliphatic heterocycles. The average Bonchev–Trinajstić information content (AvgIpc) is 3.35. The Morgan fingerprint density at radius 3 is 2.31 bits per heavy atom. The highest BCUT2D eigenvalue weighted by Gasteiger charge is 2.50. The second kappa shape index (κ2) is 6.92. The van der Waals surface area contributed by atoms with Gasteiger partial charge >= 0.3 is 5.97 Å². The van der Waals surface area contributed by atoms with Crippen LogP contribution in [0.4, 0.5) is 0 Å². The minimum absolute atomic E-state index is 0.268. The van der Waals surface area contributed by atoms with Gasteiger partial charge in [0.15, 0.2) is 0 Å². The molecule has 29 heavy (non-hydrogen) atoms. The number of aliphatic hydroxyl groups is 1. The van der Waals surface area contributed by atoms with Crippen LogP contribution in [0, 0.1) is 0 Å². The lowest BCUT2D eigenvalue weighted by atomic mass is 9.84. The van der Waals surface area contributed by atoms with Crippen LogP contribution < -0.4 is 5.32 Å². The summed E-state index contributed by atoms with van der Waals surface area (Å²) >= 11 is 0. The van der Waals surface area contributed by atoms with E-state index in [2.05, 4.69) is 5.32 Å². The van der Waals surface area contributed by atoms with E-state index in [4.69, 9.17) is 5.11 Å². The topological polar surface area (TPSA) is 109 Å². The molecule has 0 unspecified atom stereocenters. The Balaban J connectivity index is 1.87. The largest absolute Gasteiger partial charge is 0.509 e. The number of hydrogen-bond acceptors (Lipinski definition) is 4. The molecule has 2 aromatic rings. The van der Waals surface area contributed by atoms with Gasteiger partial charge in [0.25, 0.3) is 5.91 Å². The maximum absolute atomic E-state index is 13.2. The van der Waals surface area contributed by atoms with Crippen molar-refractivity contribution in [1.82, 2.24) is 9.88 Å². The first kappa shape index (κ1) is 19.0. The molecule has 1 atom stereocenters. The third-order valence-electron chi connectivity index (χ3n) is 5.89. The van der Waals surface area contributed by atoms with Crippen LogP contribution in [0.1, 0.15) is 43.1 Å². The van der Waals surface area contributed by atoms with Crippen molar-refractivity contribution < 1.29 is 24.6 Å². The van der Waals surface area contributed by atoms with Gasteiger partial charge in [-0.15, -0.1) is 0 Å². The summed E-state index contributed by atoms with van der Waals surface area (Å²) in [7, 11) is 0. The maximum atomic E-state index is 13.2. The maximum Gasteiger partial charge on any atom is 0.325 e. The molecule has 2 aliphatic rings. The Kier molecular flexibility index (Phi) is 4.53. The molecule has 7 heteroatoms. The van der Waals surface area contributed by atoms with Crippen LogP contribution in [0.5, 0.6) is 0 Å². The number of aliphatic carboxylic acids is 1. The Bertz CT molecular complexity index is 1030. The molecule has 1 amide bonds. The SMILES string of the molecule is C[C@@H](NC(=O)C1=C(O)C2(CCCC2)n2c(ccc2-c2ccccc2)C1=O)C(=O)O. The number of carboxylic acid groups (broad SMARTS) is 1. The highest BCUT2D eigenvalue weighted by atomic mass is 16.4. The van der Waals surface area contributed by atoms with Gasteiger partial charge in [0.05, 0.1) is 5.69 Å². The van der Waals surface area contributed by atoms with Crippen molar-refractivity contribution in [3.63, 3.8) is 0 Å². The molecule has 4 rings (SSSR count). The molecule has 1 spiro atoms. The number of benzene rings is 1. The van der Waals surface area contributed by atoms with Crippen LogP contribution in [0.2, 0.25) is 0 Å². The Hall–Kier alpha value is -3.35. The van der Waals surface area contributed by atoms with E-state index in [1.54, 1.807) is 6.07 Å². The van der Waals surface area contributed by atoms with Crippen LogP contribution >= 0.6 is 0 Å². The number of aliphatic hydroxyl groups excluding tert-OH is 1. The number of fused-ring (bicyclic) bond motifs is 2. The predicted molar refractivity (Wildman–Crippen MR) is 106 cm³/mol. The van der Waals surface area contributed by atoms with E-state index in [1.807, 2.05) is 41.0 Å². The summed E-state index contributed by atoms with van der Waals surface area (Å²) in [5.74, 6) is -2.94. The van der Waals surface area contributed by atoms with Crippen molar-refractivity contribution >= 4 is 17.7 Å². The van der Waals surface area contributed by atoms with Gasteiger partial charge in [-0.05, 0) is 37.5 Å². The van der Waals surface area contributed by atoms with E-state index < -0.39 is 29.2 Å². The normalized spacial score (nSPS) is 18.6. The van der Waals surface area contributed by atoms with Crippen LogP contribution in [-0.4, -0.2) is 38.5 Å². The van der Waals surface area contributed by atoms with Crippen molar-refractivity contribution in [2.45, 2.75) is 44.2 Å². The quantitative estimate of drug-likeness (QED) is 0.691. The van der Waals surface area contributed by atoms with Gasteiger partial charge in [0.1, 0.15) is 22.9 Å². The number of nitrogens with one attached hydrogen (secondary N) is 1. The number of ketones is 1. The zero-order valence-electron chi connectivity index (χ0n) is 16.0. The molecule has 150 valence electrons. The van der Waals surface area contributed by atoms with Crippen LogP contribution in [0.3, 0.4) is 0 Å². The molecule has 0 radical (unpaired) electrons. The standard InChI is InChI=1S/C22H22N2O5/c1-13(21(28)29)23-20(27)17-18(25)16-10-9-15(14-7-3-2-4-8-14)24(16)22(19(17)26)11-5-6-12-22/h2-4,7-10,13,26H,5-6,11-12H2,1H3,(H,23,27)(H,28,29)/t13-/m1/s1. The van der Waals surface area contributed by atoms with E-state index in [0.29, 0.717) is 18.5 Å². The zero-order chi connectivity index (χ0) is 20.8. The van der Waals surface area contributed by atoms with Crippen LogP contribution in [-0.2, 0) is 15.1 Å². The number of carbonyl (C=O) groups is 3.